The van der Waals surface area contributed by atoms with E-state index in [1.54, 1.807) is 0 Å². The Labute approximate surface area is 109 Å². The van der Waals surface area contributed by atoms with E-state index in [4.69, 9.17) is 10.5 Å². The predicted octanol–water partition coefficient (Wildman–Crippen LogP) is 2.97. The van der Waals surface area contributed by atoms with E-state index in [2.05, 4.69) is 28.1 Å². The van der Waals surface area contributed by atoms with Gasteiger partial charge in [-0.05, 0) is 36.4 Å². The zero-order chi connectivity index (χ0) is 11.4. The summed E-state index contributed by atoms with van der Waals surface area (Å²) in [7, 11) is 0. The highest BCUT2D eigenvalue weighted by Gasteiger charge is 2.17. The molecule has 0 bridgehead atoms. The van der Waals surface area contributed by atoms with Gasteiger partial charge in [0.1, 0.15) is 5.75 Å². The van der Waals surface area contributed by atoms with Crippen LogP contribution in [-0.2, 0) is 12.2 Å². The highest BCUT2D eigenvalue weighted by atomic mass is 79.9. The zero-order valence-electron chi connectivity index (χ0n) is 9.17. The van der Waals surface area contributed by atoms with Crippen molar-refractivity contribution in [3.05, 3.63) is 27.7 Å². The Bertz CT molecular complexity index is 370. The third-order valence-electron chi connectivity index (χ3n) is 2.58. The first-order valence-electron chi connectivity index (χ1n) is 5.53. The van der Waals surface area contributed by atoms with Crippen LogP contribution in [0.1, 0.15) is 17.5 Å². The van der Waals surface area contributed by atoms with Gasteiger partial charge in [0.25, 0.3) is 0 Å². The molecule has 0 fully saturated rings. The highest BCUT2D eigenvalue weighted by molar-refractivity contribution is 9.10. The van der Waals surface area contributed by atoms with Crippen molar-refractivity contribution in [2.45, 2.75) is 18.6 Å². The number of halogens is 1. The van der Waals surface area contributed by atoms with E-state index < -0.39 is 0 Å². The number of hydrogen-bond donors (Lipinski definition) is 1. The van der Waals surface area contributed by atoms with Gasteiger partial charge in [-0.15, -0.1) is 0 Å². The number of benzene rings is 1. The van der Waals surface area contributed by atoms with Gasteiger partial charge in [0.15, 0.2) is 0 Å². The topological polar surface area (TPSA) is 35.2 Å². The summed E-state index contributed by atoms with van der Waals surface area (Å²) in [5.41, 5.74) is 8.12. The number of nitrogens with two attached hydrogens (primary N) is 1. The monoisotopic (exact) mass is 301 g/mol. The molecular weight excluding hydrogens is 286 g/mol. The minimum Gasteiger partial charge on any atom is -0.493 e. The maximum atomic E-state index is 5.68. The largest absolute Gasteiger partial charge is 0.493 e. The lowest BCUT2D eigenvalue weighted by atomic mass is 10.1. The molecule has 0 spiro atoms. The van der Waals surface area contributed by atoms with Crippen LogP contribution < -0.4 is 10.5 Å². The van der Waals surface area contributed by atoms with E-state index in [0.29, 0.717) is 0 Å². The Balaban J connectivity index is 2.03. The molecule has 0 aromatic heterocycles. The summed E-state index contributed by atoms with van der Waals surface area (Å²) in [6, 6.07) is 4.33. The summed E-state index contributed by atoms with van der Waals surface area (Å²) in [6.45, 7) is 1.60. The van der Waals surface area contributed by atoms with Crippen molar-refractivity contribution in [3.63, 3.8) is 0 Å². The summed E-state index contributed by atoms with van der Waals surface area (Å²) >= 11 is 5.48. The van der Waals surface area contributed by atoms with Crippen LogP contribution in [0.2, 0.25) is 0 Å². The standard InChI is InChI=1S/C12H16BrNOS/c13-11-6-9-2-4-15-12(9)10(7-11)8-16-5-1-3-14/h6-7H,1-5,8,14H2. The predicted molar refractivity (Wildman–Crippen MR) is 73.2 cm³/mol. The fourth-order valence-corrected chi connectivity index (χ4v) is 3.32. The van der Waals surface area contributed by atoms with Gasteiger partial charge in [0.2, 0.25) is 0 Å². The molecule has 2 rings (SSSR count). The van der Waals surface area contributed by atoms with E-state index in [-0.39, 0.29) is 0 Å². The minimum absolute atomic E-state index is 0.778. The number of ether oxygens (including phenoxy) is 1. The second-order valence-corrected chi connectivity index (χ2v) is 5.87. The van der Waals surface area contributed by atoms with E-state index in [1.807, 2.05) is 11.8 Å². The van der Waals surface area contributed by atoms with Crippen molar-refractivity contribution in [1.82, 2.24) is 0 Å². The fraction of sp³-hybridized carbons (Fsp3) is 0.500. The quantitative estimate of drug-likeness (QED) is 0.849. The van der Waals surface area contributed by atoms with Crippen LogP contribution in [-0.4, -0.2) is 18.9 Å². The van der Waals surface area contributed by atoms with Crippen LogP contribution in [0.3, 0.4) is 0 Å². The Hall–Kier alpha value is -0.190. The first kappa shape index (κ1) is 12.3. The lowest BCUT2D eigenvalue weighted by Gasteiger charge is -2.08. The average Bonchev–Trinajstić information content (AvgIpc) is 2.72. The molecule has 0 radical (unpaired) electrons. The van der Waals surface area contributed by atoms with Crippen LogP contribution in [0.4, 0.5) is 0 Å². The molecule has 0 saturated heterocycles. The maximum absolute atomic E-state index is 5.68. The second kappa shape index (κ2) is 5.94. The molecule has 2 N–H and O–H groups in total. The summed E-state index contributed by atoms with van der Waals surface area (Å²) in [5, 5.41) is 0. The van der Waals surface area contributed by atoms with Gasteiger partial charge in [-0.2, -0.15) is 11.8 Å². The van der Waals surface area contributed by atoms with Gasteiger partial charge in [-0.25, -0.2) is 0 Å². The van der Waals surface area contributed by atoms with Crippen molar-refractivity contribution in [3.8, 4) is 5.75 Å². The lowest BCUT2D eigenvalue weighted by molar-refractivity contribution is 0.354. The zero-order valence-corrected chi connectivity index (χ0v) is 11.6. The highest BCUT2D eigenvalue weighted by Crippen LogP contribution is 2.35. The minimum atomic E-state index is 0.778. The number of thioether (sulfide) groups is 1. The van der Waals surface area contributed by atoms with Crippen LogP contribution in [0.15, 0.2) is 16.6 Å². The Morgan fingerprint density at radius 2 is 2.31 bits per heavy atom. The van der Waals surface area contributed by atoms with Gasteiger partial charge < -0.3 is 10.5 Å². The molecule has 0 unspecified atom stereocenters. The molecule has 1 aromatic carbocycles. The van der Waals surface area contributed by atoms with Crippen LogP contribution in [0.5, 0.6) is 5.75 Å². The number of rotatable bonds is 5. The average molecular weight is 302 g/mol. The number of hydrogen-bond acceptors (Lipinski definition) is 3. The molecule has 4 heteroatoms. The molecule has 0 aliphatic carbocycles. The van der Waals surface area contributed by atoms with E-state index in [9.17, 15) is 0 Å². The fourth-order valence-electron chi connectivity index (χ4n) is 1.82. The summed E-state index contributed by atoms with van der Waals surface area (Å²) in [6.07, 6.45) is 2.12. The molecule has 0 amide bonds. The van der Waals surface area contributed by atoms with Gasteiger partial charge >= 0.3 is 0 Å². The van der Waals surface area contributed by atoms with E-state index in [1.165, 1.54) is 11.1 Å². The molecule has 1 heterocycles. The molecule has 88 valence electrons. The Morgan fingerprint density at radius 1 is 1.44 bits per heavy atom. The smallest absolute Gasteiger partial charge is 0.126 e. The van der Waals surface area contributed by atoms with Crippen LogP contribution in [0, 0.1) is 0 Å². The Kier molecular flexibility index (Phi) is 4.55. The first-order valence-corrected chi connectivity index (χ1v) is 7.48. The Morgan fingerprint density at radius 3 is 3.12 bits per heavy atom. The molecule has 0 atom stereocenters. The first-order chi connectivity index (χ1) is 7.81. The third kappa shape index (κ3) is 2.93. The molecule has 1 aromatic rings. The summed E-state index contributed by atoms with van der Waals surface area (Å²) in [5.74, 6) is 3.25. The van der Waals surface area contributed by atoms with E-state index in [0.717, 1.165) is 47.7 Å². The van der Waals surface area contributed by atoms with Crippen molar-refractivity contribution in [2.75, 3.05) is 18.9 Å². The molecule has 1 aliphatic rings. The molecule has 16 heavy (non-hydrogen) atoms. The van der Waals surface area contributed by atoms with E-state index >= 15 is 0 Å². The van der Waals surface area contributed by atoms with Crippen LogP contribution in [0.25, 0.3) is 0 Å². The van der Waals surface area contributed by atoms with Gasteiger partial charge in [-0.3, -0.25) is 0 Å². The maximum Gasteiger partial charge on any atom is 0.126 e. The molecule has 0 saturated carbocycles. The summed E-state index contributed by atoms with van der Waals surface area (Å²) in [4.78, 5) is 0. The van der Waals surface area contributed by atoms with Gasteiger partial charge in [0.05, 0.1) is 6.61 Å². The number of fused-ring (bicyclic) bond motifs is 1. The van der Waals surface area contributed by atoms with Crippen molar-refractivity contribution < 1.29 is 4.74 Å². The van der Waals surface area contributed by atoms with Crippen molar-refractivity contribution in [1.29, 1.82) is 0 Å². The van der Waals surface area contributed by atoms with Gasteiger partial charge in [0, 0.05) is 22.2 Å². The van der Waals surface area contributed by atoms with Gasteiger partial charge in [-0.1, -0.05) is 15.9 Å². The normalized spacial score (nSPS) is 13.6. The second-order valence-electron chi connectivity index (χ2n) is 3.85. The van der Waals surface area contributed by atoms with Crippen molar-refractivity contribution in [2.24, 2.45) is 5.73 Å². The summed E-state index contributed by atoms with van der Waals surface area (Å²) < 4.78 is 6.84. The molecule has 1 aliphatic heterocycles. The third-order valence-corrected chi connectivity index (χ3v) is 4.13. The molecular formula is C12H16BrNOS. The molecule has 2 nitrogen and oxygen atoms in total. The van der Waals surface area contributed by atoms with Crippen LogP contribution >= 0.6 is 27.7 Å². The lowest BCUT2D eigenvalue weighted by Crippen LogP contribution is -1.99. The SMILES string of the molecule is NCCCSCc1cc(Br)cc2c1OCC2. The van der Waals surface area contributed by atoms with Crippen molar-refractivity contribution >= 4 is 27.7 Å².